The van der Waals surface area contributed by atoms with Crippen molar-refractivity contribution in [2.75, 3.05) is 17.3 Å². The molecule has 0 saturated carbocycles. The van der Waals surface area contributed by atoms with E-state index in [0.717, 1.165) is 0 Å². The van der Waals surface area contributed by atoms with Crippen LogP contribution in [-0.2, 0) is 9.53 Å². The Bertz CT molecular complexity index is 864. The van der Waals surface area contributed by atoms with E-state index >= 15 is 0 Å². The number of carbonyl (C=O) groups is 1. The van der Waals surface area contributed by atoms with Gasteiger partial charge in [-0.05, 0) is 18.2 Å². The zero-order chi connectivity index (χ0) is 18.7. The van der Waals surface area contributed by atoms with Crippen LogP contribution in [0.4, 0.5) is 5.69 Å². The Labute approximate surface area is 177 Å². The van der Waals surface area contributed by atoms with E-state index in [4.69, 9.17) is 27.9 Å². The van der Waals surface area contributed by atoms with Crippen molar-refractivity contribution in [3.05, 3.63) is 57.8 Å². The number of rotatable bonds is 5. The lowest BCUT2D eigenvalue weighted by molar-refractivity contribution is -0.126. The number of ether oxygens (including phenoxy) is 1. The highest BCUT2D eigenvalue weighted by atomic mass is 79.9. The number of fused-ring (bicyclic) bond motifs is 1. The van der Waals surface area contributed by atoms with Crippen molar-refractivity contribution in [1.82, 2.24) is 4.98 Å². The molecular formula is C17H13Br2Cl2N3O2. The molecule has 136 valence electrons. The Morgan fingerprint density at radius 3 is 2.73 bits per heavy atom. The molecule has 2 heterocycles. The van der Waals surface area contributed by atoms with Gasteiger partial charge >= 0.3 is 0 Å². The highest BCUT2D eigenvalue weighted by molar-refractivity contribution is 9.12. The number of nitrogens with one attached hydrogen (secondary N) is 1. The first-order chi connectivity index (χ1) is 12.5. The SMILES string of the molecule is O=C1Nc2ccc(Cl)nc2C(c2ccccc2Cl)=NC1OCC(Br)CBr. The summed E-state index contributed by atoms with van der Waals surface area (Å²) in [5.41, 5.74) is 2.04. The monoisotopic (exact) mass is 519 g/mol. The van der Waals surface area contributed by atoms with Gasteiger partial charge in [0.05, 0.1) is 23.0 Å². The molecule has 1 aliphatic heterocycles. The van der Waals surface area contributed by atoms with E-state index in [1.54, 1.807) is 18.2 Å². The molecule has 26 heavy (non-hydrogen) atoms. The minimum atomic E-state index is -1.03. The van der Waals surface area contributed by atoms with Gasteiger partial charge in [0.25, 0.3) is 5.91 Å². The van der Waals surface area contributed by atoms with Gasteiger partial charge in [-0.2, -0.15) is 0 Å². The topological polar surface area (TPSA) is 63.6 Å². The van der Waals surface area contributed by atoms with Gasteiger partial charge in [0, 0.05) is 15.7 Å². The fraction of sp³-hybridized carbons (Fsp3) is 0.235. The first-order valence-electron chi connectivity index (χ1n) is 7.61. The number of hydrogen-bond acceptors (Lipinski definition) is 4. The van der Waals surface area contributed by atoms with Crippen LogP contribution in [0.5, 0.6) is 0 Å². The van der Waals surface area contributed by atoms with Crippen LogP contribution < -0.4 is 5.32 Å². The Morgan fingerprint density at radius 1 is 1.23 bits per heavy atom. The number of pyridine rings is 1. The van der Waals surface area contributed by atoms with Gasteiger partial charge in [-0.1, -0.05) is 73.3 Å². The molecule has 0 fully saturated rings. The molecule has 5 nitrogen and oxygen atoms in total. The molecule has 1 amide bonds. The minimum Gasteiger partial charge on any atom is -0.347 e. The van der Waals surface area contributed by atoms with Gasteiger partial charge in [-0.3, -0.25) is 4.79 Å². The Hall–Kier alpha value is -0.990. The van der Waals surface area contributed by atoms with Gasteiger partial charge < -0.3 is 10.1 Å². The second kappa shape index (κ2) is 8.80. The number of hydrogen-bond donors (Lipinski definition) is 1. The molecule has 2 unspecified atom stereocenters. The van der Waals surface area contributed by atoms with Crippen LogP contribution in [0.25, 0.3) is 0 Å². The van der Waals surface area contributed by atoms with Crippen LogP contribution >= 0.6 is 55.1 Å². The van der Waals surface area contributed by atoms with Gasteiger partial charge in [-0.25, -0.2) is 9.98 Å². The van der Waals surface area contributed by atoms with Crippen LogP contribution in [-0.4, -0.2) is 39.6 Å². The summed E-state index contributed by atoms with van der Waals surface area (Å²) in [6.45, 7) is 0.299. The Morgan fingerprint density at radius 2 is 2.00 bits per heavy atom. The predicted octanol–water partition coefficient (Wildman–Crippen LogP) is 4.68. The molecule has 0 aliphatic carbocycles. The first kappa shape index (κ1) is 19.8. The minimum absolute atomic E-state index is 0.0486. The van der Waals surface area contributed by atoms with Crippen LogP contribution in [0.2, 0.25) is 10.2 Å². The van der Waals surface area contributed by atoms with E-state index in [2.05, 4.69) is 47.2 Å². The second-order valence-corrected chi connectivity index (χ2v) is 8.15. The van der Waals surface area contributed by atoms with Crippen LogP contribution in [0.1, 0.15) is 11.3 Å². The van der Waals surface area contributed by atoms with Gasteiger partial charge in [0.2, 0.25) is 6.23 Å². The summed E-state index contributed by atoms with van der Waals surface area (Å²) >= 11 is 19.2. The van der Waals surface area contributed by atoms with Crippen molar-refractivity contribution in [3.8, 4) is 0 Å². The highest BCUT2D eigenvalue weighted by Crippen LogP contribution is 2.28. The van der Waals surface area contributed by atoms with E-state index in [1.165, 1.54) is 0 Å². The summed E-state index contributed by atoms with van der Waals surface area (Å²) in [6, 6.07) is 10.5. The van der Waals surface area contributed by atoms with Crippen molar-refractivity contribution in [3.63, 3.8) is 0 Å². The Kier molecular flexibility index (Phi) is 6.69. The first-order valence-corrected chi connectivity index (χ1v) is 10.4. The smallest absolute Gasteiger partial charge is 0.276 e. The zero-order valence-corrected chi connectivity index (χ0v) is 17.9. The van der Waals surface area contributed by atoms with Crippen molar-refractivity contribution in [1.29, 1.82) is 0 Å². The molecule has 0 radical (unpaired) electrons. The predicted molar refractivity (Wildman–Crippen MR) is 111 cm³/mol. The summed E-state index contributed by atoms with van der Waals surface area (Å²) in [7, 11) is 0. The average molecular weight is 522 g/mol. The third-order valence-corrected chi connectivity index (χ3v) is 6.32. The van der Waals surface area contributed by atoms with E-state index in [-0.39, 0.29) is 15.9 Å². The lowest BCUT2D eigenvalue weighted by Gasteiger charge is -2.14. The van der Waals surface area contributed by atoms with E-state index in [1.807, 2.05) is 18.2 Å². The van der Waals surface area contributed by atoms with E-state index in [9.17, 15) is 4.79 Å². The summed E-state index contributed by atoms with van der Waals surface area (Å²) in [5.74, 6) is -0.383. The summed E-state index contributed by atoms with van der Waals surface area (Å²) in [4.78, 5) is 21.5. The summed E-state index contributed by atoms with van der Waals surface area (Å²) in [6.07, 6.45) is -1.03. The van der Waals surface area contributed by atoms with E-state index in [0.29, 0.717) is 39.6 Å². The highest BCUT2D eigenvalue weighted by Gasteiger charge is 2.28. The normalized spacial score (nSPS) is 17.8. The number of carbonyl (C=O) groups excluding carboxylic acids is 1. The van der Waals surface area contributed by atoms with Crippen LogP contribution in [0, 0.1) is 0 Å². The molecule has 0 saturated heterocycles. The fourth-order valence-electron chi connectivity index (χ4n) is 2.35. The number of benzene rings is 1. The third kappa shape index (κ3) is 4.46. The molecule has 1 aliphatic rings. The number of alkyl halides is 2. The molecule has 1 N–H and O–H groups in total. The lowest BCUT2D eigenvalue weighted by atomic mass is 10.1. The fourth-order valence-corrected chi connectivity index (χ4v) is 3.06. The molecule has 0 bridgehead atoms. The van der Waals surface area contributed by atoms with Gasteiger partial charge in [-0.15, -0.1) is 0 Å². The van der Waals surface area contributed by atoms with Gasteiger partial charge in [0.1, 0.15) is 10.8 Å². The summed E-state index contributed by atoms with van der Waals surface area (Å²) in [5, 5.41) is 4.25. The third-order valence-electron chi connectivity index (χ3n) is 3.55. The molecular weight excluding hydrogens is 509 g/mol. The zero-order valence-electron chi connectivity index (χ0n) is 13.3. The molecule has 9 heteroatoms. The number of aliphatic imine (C=N–C) groups is 1. The summed E-state index contributed by atoms with van der Waals surface area (Å²) < 4.78 is 5.70. The number of aromatic nitrogens is 1. The van der Waals surface area contributed by atoms with Crippen LogP contribution in [0.15, 0.2) is 41.4 Å². The molecule has 1 aromatic heterocycles. The maximum Gasteiger partial charge on any atom is 0.276 e. The van der Waals surface area contributed by atoms with Crippen LogP contribution in [0.3, 0.4) is 0 Å². The number of anilines is 1. The number of nitrogens with zero attached hydrogens (tertiary/aromatic N) is 2. The standard InChI is InChI=1S/C17H13Br2Cl2N3O2/c18-7-9(19)8-26-17-16(25)22-12-5-6-13(21)23-15(12)14(24-17)10-3-1-2-4-11(10)20/h1-6,9,17H,7-8H2,(H,22,25). The van der Waals surface area contributed by atoms with Crippen molar-refractivity contribution in [2.45, 2.75) is 11.1 Å². The average Bonchev–Trinajstić information content (AvgIpc) is 2.76. The lowest BCUT2D eigenvalue weighted by Crippen LogP contribution is -2.30. The number of halogens is 4. The largest absolute Gasteiger partial charge is 0.347 e. The molecule has 2 atom stereocenters. The second-order valence-electron chi connectivity index (χ2n) is 5.41. The quantitative estimate of drug-likeness (QED) is 0.459. The Balaban J connectivity index is 2.09. The number of amides is 1. The van der Waals surface area contributed by atoms with Gasteiger partial charge in [0.15, 0.2) is 0 Å². The molecule has 0 spiro atoms. The molecule has 1 aromatic carbocycles. The van der Waals surface area contributed by atoms with E-state index < -0.39 is 6.23 Å². The maximum absolute atomic E-state index is 12.6. The van der Waals surface area contributed by atoms with Crippen molar-refractivity contribution < 1.29 is 9.53 Å². The maximum atomic E-state index is 12.6. The molecule has 2 aromatic rings. The van der Waals surface area contributed by atoms with Crippen molar-refractivity contribution >= 4 is 72.4 Å². The molecule has 3 rings (SSSR count). The van der Waals surface area contributed by atoms with Crippen molar-refractivity contribution in [2.24, 2.45) is 4.99 Å².